The Morgan fingerprint density at radius 3 is 2.37 bits per heavy atom. The summed E-state index contributed by atoms with van der Waals surface area (Å²) in [7, 11) is -2.71. The van der Waals surface area contributed by atoms with Crippen LogP contribution in [0.4, 0.5) is 4.39 Å². The molecule has 0 radical (unpaired) electrons. The molecule has 27 heavy (non-hydrogen) atoms. The van der Waals surface area contributed by atoms with Gasteiger partial charge in [0.25, 0.3) is 0 Å². The van der Waals surface area contributed by atoms with Gasteiger partial charge in [-0.15, -0.1) is 0 Å². The van der Waals surface area contributed by atoms with E-state index in [1.807, 2.05) is 0 Å². The number of carbonyl (C=O) groups excluding carboxylic acids is 1. The zero-order valence-corrected chi connectivity index (χ0v) is 16.6. The quantitative estimate of drug-likeness (QED) is 0.729. The molecule has 0 saturated carbocycles. The summed E-state index contributed by atoms with van der Waals surface area (Å²) in [6.07, 6.45) is 0. The van der Waals surface area contributed by atoms with E-state index in [1.165, 1.54) is 44.4 Å². The van der Waals surface area contributed by atoms with Gasteiger partial charge < -0.3 is 10.1 Å². The fourth-order valence-corrected chi connectivity index (χ4v) is 4.02. The first-order valence-electron chi connectivity index (χ1n) is 8.05. The van der Waals surface area contributed by atoms with Crippen molar-refractivity contribution in [2.75, 3.05) is 7.11 Å². The third kappa shape index (κ3) is 5.41. The molecule has 0 saturated heterocycles. The van der Waals surface area contributed by atoms with Gasteiger partial charge >= 0.3 is 0 Å². The highest BCUT2D eigenvalue weighted by Crippen LogP contribution is 2.27. The minimum absolute atomic E-state index is 0.110. The fourth-order valence-electron chi connectivity index (χ4n) is 2.38. The number of halogens is 2. The monoisotopic (exact) mass is 414 g/mol. The van der Waals surface area contributed by atoms with E-state index in [4.69, 9.17) is 16.3 Å². The van der Waals surface area contributed by atoms with Crippen molar-refractivity contribution in [3.8, 4) is 5.75 Å². The number of benzene rings is 2. The molecule has 2 atom stereocenters. The van der Waals surface area contributed by atoms with Gasteiger partial charge in [-0.25, -0.2) is 12.8 Å². The van der Waals surface area contributed by atoms with E-state index in [2.05, 4.69) is 10.0 Å². The second kappa shape index (κ2) is 8.69. The first kappa shape index (κ1) is 21.1. The van der Waals surface area contributed by atoms with E-state index in [0.717, 1.165) is 0 Å². The average Bonchev–Trinajstić information content (AvgIpc) is 2.61. The van der Waals surface area contributed by atoms with Crippen LogP contribution in [0.2, 0.25) is 5.02 Å². The van der Waals surface area contributed by atoms with Gasteiger partial charge in [0.1, 0.15) is 16.5 Å². The zero-order chi connectivity index (χ0) is 20.2. The van der Waals surface area contributed by atoms with Gasteiger partial charge in [-0.1, -0.05) is 23.7 Å². The number of hydrogen-bond donors (Lipinski definition) is 2. The van der Waals surface area contributed by atoms with Crippen LogP contribution < -0.4 is 14.8 Å². The van der Waals surface area contributed by atoms with Crippen LogP contribution >= 0.6 is 11.6 Å². The second-order valence-corrected chi connectivity index (χ2v) is 8.04. The molecule has 0 aromatic heterocycles. The topological polar surface area (TPSA) is 84.5 Å². The maximum atomic E-state index is 13.0. The first-order valence-corrected chi connectivity index (χ1v) is 9.92. The van der Waals surface area contributed by atoms with E-state index in [1.54, 1.807) is 19.1 Å². The SMILES string of the molecule is COc1ccc(Cl)cc1S(=O)(=O)NC(C)C(=O)NC(C)c1ccc(F)cc1. The summed E-state index contributed by atoms with van der Waals surface area (Å²) < 4.78 is 45.5. The predicted molar refractivity (Wildman–Crippen MR) is 101 cm³/mol. The molecule has 0 aliphatic carbocycles. The standard InChI is InChI=1S/C18H20ClFN2O4S/c1-11(13-4-7-15(20)8-5-13)21-18(23)12(2)22-27(24,25)17-10-14(19)6-9-16(17)26-3/h4-12,22H,1-3H3,(H,21,23). The summed E-state index contributed by atoms with van der Waals surface area (Å²) in [5, 5.41) is 2.90. The largest absolute Gasteiger partial charge is 0.495 e. The summed E-state index contributed by atoms with van der Waals surface area (Å²) in [6, 6.07) is 8.36. The second-order valence-electron chi connectivity index (χ2n) is 5.92. The lowest BCUT2D eigenvalue weighted by atomic mass is 10.1. The third-order valence-electron chi connectivity index (χ3n) is 3.87. The Morgan fingerprint density at radius 2 is 1.78 bits per heavy atom. The predicted octanol–water partition coefficient (Wildman–Crippen LogP) is 3.03. The Balaban J connectivity index is 2.11. The average molecular weight is 415 g/mol. The maximum absolute atomic E-state index is 13.0. The first-order chi connectivity index (χ1) is 12.6. The molecule has 0 fully saturated rings. The lowest BCUT2D eigenvalue weighted by Gasteiger charge is -2.19. The third-order valence-corrected chi connectivity index (χ3v) is 5.67. The molecular formula is C18H20ClFN2O4S. The number of nitrogens with one attached hydrogen (secondary N) is 2. The van der Waals surface area contributed by atoms with Crippen LogP contribution in [0, 0.1) is 5.82 Å². The summed E-state index contributed by atoms with van der Waals surface area (Å²) >= 11 is 5.87. The van der Waals surface area contributed by atoms with Gasteiger partial charge in [0, 0.05) is 5.02 Å². The molecule has 0 aliphatic heterocycles. The highest BCUT2D eigenvalue weighted by molar-refractivity contribution is 7.89. The number of hydrogen-bond acceptors (Lipinski definition) is 4. The lowest BCUT2D eigenvalue weighted by molar-refractivity contribution is -0.123. The summed E-state index contributed by atoms with van der Waals surface area (Å²) in [4.78, 5) is 12.2. The molecule has 0 heterocycles. The number of rotatable bonds is 7. The van der Waals surface area contributed by atoms with Crippen molar-refractivity contribution in [1.29, 1.82) is 0 Å². The van der Waals surface area contributed by atoms with Crippen molar-refractivity contribution < 1.29 is 22.3 Å². The molecule has 2 unspecified atom stereocenters. The number of methoxy groups -OCH3 is 1. The molecular weight excluding hydrogens is 395 g/mol. The van der Waals surface area contributed by atoms with Crippen LogP contribution in [0.1, 0.15) is 25.5 Å². The number of sulfonamides is 1. The summed E-state index contributed by atoms with van der Waals surface area (Å²) in [5.41, 5.74) is 0.691. The van der Waals surface area contributed by atoms with Crippen LogP contribution in [-0.2, 0) is 14.8 Å². The number of carbonyl (C=O) groups is 1. The van der Waals surface area contributed by atoms with Crippen molar-refractivity contribution in [3.05, 3.63) is 58.9 Å². The Hall–Kier alpha value is -2.16. The van der Waals surface area contributed by atoms with Gasteiger partial charge in [0.05, 0.1) is 19.2 Å². The van der Waals surface area contributed by atoms with E-state index < -0.39 is 28.0 Å². The Bertz CT molecular complexity index is 919. The van der Waals surface area contributed by atoms with Crippen LogP contribution in [-0.4, -0.2) is 27.5 Å². The van der Waals surface area contributed by atoms with Crippen LogP contribution in [0.15, 0.2) is 47.4 Å². The van der Waals surface area contributed by atoms with Gasteiger partial charge in [-0.3, -0.25) is 4.79 Å². The van der Waals surface area contributed by atoms with Gasteiger partial charge in [-0.2, -0.15) is 4.72 Å². The molecule has 2 aromatic carbocycles. The smallest absolute Gasteiger partial charge is 0.245 e. The molecule has 2 rings (SSSR count). The van der Waals surface area contributed by atoms with Crippen LogP contribution in [0.5, 0.6) is 5.75 Å². The van der Waals surface area contributed by atoms with E-state index in [-0.39, 0.29) is 21.5 Å². The number of ether oxygens (including phenoxy) is 1. The molecule has 146 valence electrons. The molecule has 0 bridgehead atoms. The molecule has 0 spiro atoms. The summed E-state index contributed by atoms with van der Waals surface area (Å²) in [5.74, 6) is -0.801. The maximum Gasteiger partial charge on any atom is 0.245 e. The van der Waals surface area contributed by atoms with Crippen molar-refractivity contribution in [1.82, 2.24) is 10.0 Å². The molecule has 0 aliphatic rings. The Morgan fingerprint density at radius 1 is 1.15 bits per heavy atom. The molecule has 2 N–H and O–H groups in total. The molecule has 1 amide bonds. The normalized spacial score (nSPS) is 13.7. The van der Waals surface area contributed by atoms with Crippen LogP contribution in [0.3, 0.4) is 0 Å². The van der Waals surface area contributed by atoms with Gasteiger partial charge in [0.15, 0.2) is 0 Å². The van der Waals surface area contributed by atoms with Crippen molar-refractivity contribution in [2.24, 2.45) is 0 Å². The fraction of sp³-hybridized carbons (Fsp3) is 0.278. The molecule has 2 aromatic rings. The van der Waals surface area contributed by atoms with Gasteiger partial charge in [0.2, 0.25) is 15.9 Å². The van der Waals surface area contributed by atoms with E-state index in [0.29, 0.717) is 5.56 Å². The minimum Gasteiger partial charge on any atom is -0.495 e. The van der Waals surface area contributed by atoms with E-state index in [9.17, 15) is 17.6 Å². The van der Waals surface area contributed by atoms with Crippen molar-refractivity contribution >= 4 is 27.5 Å². The number of amides is 1. The summed E-state index contributed by atoms with van der Waals surface area (Å²) in [6.45, 7) is 3.13. The van der Waals surface area contributed by atoms with Gasteiger partial charge in [-0.05, 0) is 49.7 Å². The van der Waals surface area contributed by atoms with Crippen molar-refractivity contribution in [3.63, 3.8) is 0 Å². The highest BCUT2D eigenvalue weighted by atomic mass is 35.5. The molecule has 9 heteroatoms. The van der Waals surface area contributed by atoms with Crippen molar-refractivity contribution in [2.45, 2.75) is 30.8 Å². The minimum atomic E-state index is -4.05. The zero-order valence-electron chi connectivity index (χ0n) is 15.0. The molecule has 6 nitrogen and oxygen atoms in total. The Labute approximate surface area is 162 Å². The Kier molecular flexibility index (Phi) is 6.80. The van der Waals surface area contributed by atoms with Crippen LogP contribution in [0.25, 0.3) is 0 Å². The highest BCUT2D eigenvalue weighted by Gasteiger charge is 2.26. The lowest BCUT2D eigenvalue weighted by Crippen LogP contribution is -2.45. The van der Waals surface area contributed by atoms with E-state index >= 15 is 0 Å².